The average Bonchev–Trinajstić information content (AvgIpc) is 2.75. The zero-order chi connectivity index (χ0) is 20.6. The van der Waals surface area contributed by atoms with Crippen LogP contribution in [0.15, 0.2) is 72.8 Å². The Morgan fingerprint density at radius 3 is 1.72 bits per heavy atom. The van der Waals surface area contributed by atoms with Crippen LogP contribution in [0.25, 0.3) is 11.1 Å². The third kappa shape index (κ3) is 5.18. The molecule has 0 bridgehead atoms. The van der Waals surface area contributed by atoms with Gasteiger partial charge in [-0.1, -0.05) is 43.3 Å². The van der Waals surface area contributed by atoms with E-state index in [1.165, 1.54) is 5.57 Å². The molecular weight excluding hydrogens is 362 g/mol. The van der Waals surface area contributed by atoms with Gasteiger partial charge in [-0.05, 0) is 77.7 Å². The summed E-state index contributed by atoms with van der Waals surface area (Å²) in [7, 11) is 1.90. The van der Waals surface area contributed by atoms with E-state index in [9.17, 15) is 10.2 Å². The topological polar surface area (TPSA) is 61.7 Å². The number of phenols is 2. The fraction of sp³-hybridized carbons (Fsp3) is 0.200. The summed E-state index contributed by atoms with van der Waals surface area (Å²) < 4.78 is 5.75. The van der Waals surface area contributed by atoms with E-state index in [0.29, 0.717) is 6.61 Å². The Balaban J connectivity index is 2.07. The molecule has 4 heteroatoms. The number of rotatable bonds is 8. The standard InChI is InChI=1S/C25H27NO3/c1-3-24(18-4-10-21(27)11-5-18)25(19-6-12-22(28)13-7-19)20-8-14-23(15-9-20)29-17-16-26-2/h4-15,26-28H,3,16-17H2,1-2H3/b25-24-. The highest BCUT2D eigenvalue weighted by molar-refractivity contribution is 5.98. The Kier molecular flexibility index (Phi) is 6.93. The molecule has 0 amide bonds. The van der Waals surface area contributed by atoms with E-state index in [1.54, 1.807) is 24.3 Å². The second-order valence-corrected chi connectivity index (χ2v) is 6.78. The molecule has 0 aromatic heterocycles. The molecular formula is C25H27NO3. The van der Waals surface area contributed by atoms with Crippen molar-refractivity contribution in [3.8, 4) is 17.2 Å². The average molecular weight is 389 g/mol. The van der Waals surface area contributed by atoms with Crippen LogP contribution < -0.4 is 10.1 Å². The summed E-state index contributed by atoms with van der Waals surface area (Å²) in [6.45, 7) is 3.53. The lowest BCUT2D eigenvalue weighted by Gasteiger charge is -2.17. The molecule has 3 aromatic carbocycles. The fourth-order valence-corrected chi connectivity index (χ4v) is 3.32. The monoisotopic (exact) mass is 389 g/mol. The van der Waals surface area contributed by atoms with Crippen LogP contribution in [0, 0.1) is 0 Å². The van der Waals surface area contributed by atoms with Gasteiger partial charge in [-0.3, -0.25) is 0 Å². The van der Waals surface area contributed by atoms with E-state index < -0.39 is 0 Å². The second-order valence-electron chi connectivity index (χ2n) is 6.78. The number of allylic oxidation sites excluding steroid dienone is 1. The number of likely N-dealkylation sites (N-methyl/N-ethyl adjacent to an activating group) is 1. The van der Waals surface area contributed by atoms with Gasteiger partial charge in [0.25, 0.3) is 0 Å². The van der Waals surface area contributed by atoms with Crippen LogP contribution in [0.3, 0.4) is 0 Å². The van der Waals surface area contributed by atoms with E-state index in [1.807, 2.05) is 43.4 Å². The smallest absolute Gasteiger partial charge is 0.119 e. The van der Waals surface area contributed by atoms with Gasteiger partial charge >= 0.3 is 0 Å². The zero-order valence-corrected chi connectivity index (χ0v) is 16.9. The van der Waals surface area contributed by atoms with Crippen molar-refractivity contribution in [3.05, 3.63) is 89.5 Å². The summed E-state index contributed by atoms with van der Waals surface area (Å²) in [6.07, 6.45) is 0.821. The molecule has 3 N–H and O–H groups in total. The van der Waals surface area contributed by atoms with Crippen molar-refractivity contribution in [2.45, 2.75) is 13.3 Å². The summed E-state index contributed by atoms with van der Waals surface area (Å²) in [5, 5.41) is 22.5. The molecule has 0 aliphatic rings. The molecule has 0 unspecified atom stereocenters. The van der Waals surface area contributed by atoms with Gasteiger partial charge in [0.05, 0.1) is 0 Å². The zero-order valence-electron chi connectivity index (χ0n) is 16.9. The molecule has 4 nitrogen and oxygen atoms in total. The molecule has 0 fully saturated rings. The van der Waals surface area contributed by atoms with Crippen molar-refractivity contribution >= 4 is 11.1 Å². The first-order valence-electron chi connectivity index (χ1n) is 9.82. The summed E-state index contributed by atoms with van der Waals surface area (Å²) >= 11 is 0. The third-order valence-corrected chi connectivity index (χ3v) is 4.79. The number of phenolic OH excluding ortho intramolecular Hbond substituents is 2. The fourth-order valence-electron chi connectivity index (χ4n) is 3.32. The first-order chi connectivity index (χ1) is 14.1. The van der Waals surface area contributed by atoms with Crippen molar-refractivity contribution < 1.29 is 14.9 Å². The first-order valence-corrected chi connectivity index (χ1v) is 9.82. The Hall–Kier alpha value is -3.24. The van der Waals surface area contributed by atoms with Crippen LogP contribution in [0.4, 0.5) is 0 Å². The SMILES string of the molecule is CC/C(=C(\c1ccc(O)cc1)c1ccc(OCCNC)cc1)c1ccc(O)cc1. The van der Waals surface area contributed by atoms with E-state index >= 15 is 0 Å². The number of benzene rings is 3. The summed E-state index contributed by atoms with van der Waals surface area (Å²) in [4.78, 5) is 0. The molecule has 0 saturated heterocycles. The lowest BCUT2D eigenvalue weighted by molar-refractivity contribution is 0.318. The van der Waals surface area contributed by atoms with Crippen molar-refractivity contribution in [1.82, 2.24) is 5.32 Å². The predicted molar refractivity (Wildman–Crippen MR) is 118 cm³/mol. The Morgan fingerprint density at radius 1 is 0.759 bits per heavy atom. The summed E-state index contributed by atoms with van der Waals surface area (Å²) in [6, 6.07) is 22.6. The van der Waals surface area contributed by atoms with Gasteiger partial charge in [-0.15, -0.1) is 0 Å². The quantitative estimate of drug-likeness (QED) is 0.372. The van der Waals surface area contributed by atoms with Gasteiger partial charge in [0.2, 0.25) is 0 Å². The van der Waals surface area contributed by atoms with Crippen LogP contribution in [-0.2, 0) is 0 Å². The van der Waals surface area contributed by atoms with Crippen LogP contribution in [0.5, 0.6) is 17.2 Å². The predicted octanol–water partition coefficient (Wildman–Crippen LogP) is 5.07. The van der Waals surface area contributed by atoms with E-state index in [0.717, 1.165) is 41.0 Å². The highest BCUT2D eigenvalue weighted by Crippen LogP contribution is 2.36. The lowest BCUT2D eigenvalue weighted by Crippen LogP contribution is -2.15. The third-order valence-electron chi connectivity index (χ3n) is 4.79. The van der Waals surface area contributed by atoms with E-state index in [2.05, 4.69) is 24.4 Å². The molecule has 0 heterocycles. The van der Waals surface area contributed by atoms with Gasteiger partial charge in [0, 0.05) is 6.54 Å². The normalized spacial score (nSPS) is 11.8. The van der Waals surface area contributed by atoms with Gasteiger partial charge < -0.3 is 20.3 Å². The van der Waals surface area contributed by atoms with Gasteiger partial charge in [-0.25, -0.2) is 0 Å². The molecule has 150 valence electrons. The molecule has 0 atom stereocenters. The number of ether oxygens (including phenoxy) is 1. The maximum Gasteiger partial charge on any atom is 0.119 e. The first kappa shape index (κ1) is 20.5. The minimum atomic E-state index is 0.240. The van der Waals surface area contributed by atoms with Crippen LogP contribution in [0.2, 0.25) is 0 Å². The van der Waals surface area contributed by atoms with Gasteiger partial charge in [0.15, 0.2) is 0 Å². The van der Waals surface area contributed by atoms with Gasteiger partial charge in [-0.2, -0.15) is 0 Å². The highest BCUT2D eigenvalue weighted by Gasteiger charge is 2.13. The molecule has 0 aliphatic carbocycles. The van der Waals surface area contributed by atoms with E-state index in [-0.39, 0.29) is 11.5 Å². The number of hydrogen-bond donors (Lipinski definition) is 3. The maximum absolute atomic E-state index is 9.73. The van der Waals surface area contributed by atoms with Crippen molar-refractivity contribution in [3.63, 3.8) is 0 Å². The Labute approximate surface area is 172 Å². The number of aromatic hydroxyl groups is 2. The van der Waals surface area contributed by atoms with Crippen molar-refractivity contribution in [2.24, 2.45) is 0 Å². The van der Waals surface area contributed by atoms with Crippen LogP contribution >= 0.6 is 0 Å². The number of hydrogen-bond acceptors (Lipinski definition) is 4. The lowest BCUT2D eigenvalue weighted by atomic mass is 9.88. The molecule has 0 saturated carbocycles. The van der Waals surface area contributed by atoms with Gasteiger partial charge in [0.1, 0.15) is 23.9 Å². The number of nitrogens with one attached hydrogen (secondary N) is 1. The van der Waals surface area contributed by atoms with Crippen molar-refractivity contribution in [2.75, 3.05) is 20.2 Å². The molecule has 29 heavy (non-hydrogen) atoms. The summed E-state index contributed by atoms with van der Waals surface area (Å²) in [5.41, 5.74) is 5.42. The molecule has 3 rings (SSSR count). The molecule has 0 aliphatic heterocycles. The van der Waals surface area contributed by atoms with E-state index in [4.69, 9.17) is 4.74 Å². The molecule has 3 aromatic rings. The Bertz CT molecular complexity index is 943. The Morgan fingerprint density at radius 2 is 1.24 bits per heavy atom. The minimum Gasteiger partial charge on any atom is -0.508 e. The molecule has 0 spiro atoms. The minimum absolute atomic E-state index is 0.240. The summed E-state index contributed by atoms with van der Waals surface area (Å²) in [5.74, 6) is 1.32. The highest BCUT2D eigenvalue weighted by atomic mass is 16.5. The molecule has 0 radical (unpaired) electrons. The second kappa shape index (κ2) is 9.80. The maximum atomic E-state index is 9.73. The van der Waals surface area contributed by atoms with Crippen LogP contribution in [0.1, 0.15) is 30.0 Å². The van der Waals surface area contributed by atoms with Crippen molar-refractivity contribution in [1.29, 1.82) is 0 Å². The van der Waals surface area contributed by atoms with Crippen LogP contribution in [-0.4, -0.2) is 30.4 Å². The largest absolute Gasteiger partial charge is 0.508 e.